The Bertz CT molecular complexity index is 1130. The summed E-state index contributed by atoms with van der Waals surface area (Å²) >= 11 is 0. The molecule has 7 nitrogen and oxygen atoms in total. The van der Waals surface area contributed by atoms with Crippen LogP contribution in [-0.2, 0) is 0 Å². The van der Waals surface area contributed by atoms with Crippen molar-refractivity contribution in [2.75, 3.05) is 0 Å². The Balaban J connectivity index is 1.75. The van der Waals surface area contributed by atoms with Crippen LogP contribution in [0.4, 0.5) is 10.1 Å². The van der Waals surface area contributed by atoms with E-state index in [1.165, 1.54) is 18.2 Å². The SMILES string of the molecule is Cc1onc(-c2ccccc2F)c1-c1cn(-c2ccc([N+](=O)[O-])cc2)cn1. The van der Waals surface area contributed by atoms with E-state index >= 15 is 0 Å². The van der Waals surface area contributed by atoms with E-state index < -0.39 is 10.7 Å². The smallest absolute Gasteiger partial charge is 0.269 e. The minimum absolute atomic E-state index is 0.0100. The lowest BCUT2D eigenvalue weighted by molar-refractivity contribution is -0.384. The molecule has 2 aromatic carbocycles. The van der Waals surface area contributed by atoms with Crippen LogP contribution >= 0.6 is 0 Å². The third kappa shape index (κ3) is 2.97. The van der Waals surface area contributed by atoms with Crippen LogP contribution in [0.15, 0.2) is 65.6 Å². The minimum atomic E-state index is -0.454. The van der Waals surface area contributed by atoms with E-state index in [1.54, 1.807) is 54.3 Å². The van der Waals surface area contributed by atoms with Crippen molar-refractivity contribution >= 4 is 5.69 Å². The quantitative estimate of drug-likeness (QED) is 0.392. The average Bonchev–Trinajstić information content (AvgIpc) is 3.29. The molecular formula is C19H13FN4O3. The van der Waals surface area contributed by atoms with Crippen molar-refractivity contribution in [3.8, 4) is 28.2 Å². The third-order valence-electron chi connectivity index (χ3n) is 4.19. The van der Waals surface area contributed by atoms with E-state index in [2.05, 4.69) is 10.1 Å². The molecule has 0 fully saturated rings. The maximum absolute atomic E-state index is 14.2. The number of halogens is 1. The number of aromatic nitrogens is 3. The van der Waals surface area contributed by atoms with E-state index in [0.29, 0.717) is 34.0 Å². The largest absolute Gasteiger partial charge is 0.360 e. The Labute approximate surface area is 152 Å². The van der Waals surface area contributed by atoms with E-state index in [0.717, 1.165) is 0 Å². The highest BCUT2D eigenvalue weighted by Crippen LogP contribution is 2.34. The molecule has 27 heavy (non-hydrogen) atoms. The Hall–Kier alpha value is -3.81. The van der Waals surface area contributed by atoms with Crippen LogP contribution in [0, 0.1) is 22.9 Å². The molecule has 0 atom stereocenters. The van der Waals surface area contributed by atoms with Gasteiger partial charge in [0.1, 0.15) is 17.3 Å². The van der Waals surface area contributed by atoms with Gasteiger partial charge in [0.2, 0.25) is 0 Å². The van der Waals surface area contributed by atoms with Gasteiger partial charge in [0.25, 0.3) is 5.69 Å². The highest BCUT2D eigenvalue weighted by atomic mass is 19.1. The molecule has 0 unspecified atom stereocenters. The molecule has 4 rings (SSSR count). The van der Waals surface area contributed by atoms with Crippen LogP contribution in [0.1, 0.15) is 5.76 Å². The van der Waals surface area contributed by atoms with Crippen molar-refractivity contribution in [2.45, 2.75) is 6.92 Å². The van der Waals surface area contributed by atoms with E-state index in [4.69, 9.17) is 4.52 Å². The summed E-state index contributed by atoms with van der Waals surface area (Å²) in [7, 11) is 0. The van der Waals surface area contributed by atoms with E-state index in [9.17, 15) is 14.5 Å². The summed E-state index contributed by atoms with van der Waals surface area (Å²) in [5.41, 5.74) is 2.58. The molecule has 134 valence electrons. The molecule has 0 bridgehead atoms. The molecule has 2 heterocycles. The second-order valence-corrected chi connectivity index (χ2v) is 5.88. The Morgan fingerprint density at radius 3 is 2.59 bits per heavy atom. The van der Waals surface area contributed by atoms with Crippen molar-refractivity contribution in [1.82, 2.24) is 14.7 Å². The summed E-state index contributed by atoms with van der Waals surface area (Å²) in [5.74, 6) is 0.115. The summed E-state index contributed by atoms with van der Waals surface area (Å²) in [5, 5.41) is 14.8. The number of non-ortho nitro benzene ring substituents is 1. The standard InChI is InChI=1S/C19H13FN4O3/c1-12-18(19(22-27-12)15-4-2-3-5-16(15)20)17-10-23(11-21-17)13-6-8-14(9-7-13)24(25)26/h2-11H,1H3. The van der Waals surface area contributed by atoms with Gasteiger partial charge in [-0.3, -0.25) is 10.1 Å². The third-order valence-corrected chi connectivity index (χ3v) is 4.19. The van der Waals surface area contributed by atoms with Gasteiger partial charge >= 0.3 is 0 Å². The maximum atomic E-state index is 14.2. The summed E-state index contributed by atoms with van der Waals surface area (Å²) in [6.45, 7) is 1.73. The van der Waals surface area contributed by atoms with E-state index in [1.807, 2.05) is 0 Å². The number of aryl methyl sites for hydroxylation is 1. The van der Waals surface area contributed by atoms with Crippen molar-refractivity contribution in [3.63, 3.8) is 0 Å². The van der Waals surface area contributed by atoms with Crippen molar-refractivity contribution in [2.24, 2.45) is 0 Å². The number of benzene rings is 2. The lowest BCUT2D eigenvalue weighted by Crippen LogP contribution is -1.92. The summed E-state index contributed by atoms with van der Waals surface area (Å²) in [6.07, 6.45) is 3.32. The van der Waals surface area contributed by atoms with Crippen LogP contribution in [0.5, 0.6) is 0 Å². The average molecular weight is 364 g/mol. The maximum Gasteiger partial charge on any atom is 0.269 e. The molecular weight excluding hydrogens is 351 g/mol. The second kappa shape index (κ2) is 6.49. The highest BCUT2D eigenvalue weighted by molar-refractivity contribution is 5.80. The predicted octanol–water partition coefficient (Wildman–Crippen LogP) is 4.55. The second-order valence-electron chi connectivity index (χ2n) is 5.88. The van der Waals surface area contributed by atoms with Gasteiger partial charge in [-0.05, 0) is 31.2 Å². The lowest BCUT2D eigenvalue weighted by Gasteiger charge is -2.02. The van der Waals surface area contributed by atoms with E-state index in [-0.39, 0.29) is 5.69 Å². The van der Waals surface area contributed by atoms with Crippen LogP contribution in [0.25, 0.3) is 28.2 Å². The molecule has 0 N–H and O–H groups in total. The molecule has 0 saturated carbocycles. The van der Waals surface area contributed by atoms with Crippen molar-refractivity contribution in [3.05, 3.63) is 82.7 Å². The highest BCUT2D eigenvalue weighted by Gasteiger charge is 2.21. The molecule has 0 amide bonds. The van der Waals surface area contributed by atoms with Gasteiger partial charge < -0.3 is 9.09 Å². The Morgan fingerprint density at radius 1 is 1.15 bits per heavy atom. The summed E-state index contributed by atoms with van der Waals surface area (Å²) in [6, 6.07) is 12.4. The molecule has 0 spiro atoms. The van der Waals surface area contributed by atoms with Crippen LogP contribution in [0.3, 0.4) is 0 Å². The molecule has 0 radical (unpaired) electrons. The fraction of sp³-hybridized carbons (Fsp3) is 0.0526. The number of hydrogen-bond acceptors (Lipinski definition) is 5. The van der Waals surface area contributed by atoms with Gasteiger partial charge in [0, 0.05) is 29.6 Å². The molecule has 0 aliphatic carbocycles. The first-order chi connectivity index (χ1) is 13.0. The zero-order chi connectivity index (χ0) is 19.0. The van der Waals surface area contributed by atoms with Gasteiger partial charge in [0.15, 0.2) is 0 Å². The first kappa shape index (κ1) is 16.6. The monoisotopic (exact) mass is 364 g/mol. The van der Waals surface area contributed by atoms with Crippen molar-refractivity contribution in [1.29, 1.82) is 0 Å². The number of nitrogens with zero attached hydrogens (tertiary/aromatic N) is 4. The zero-order valence-electron chi connectivity index (χ0n) is 14.2. The fourth-order valence-electron chi connectivity index (χ4n) is 2.85. The van der Waals surface area contributed by atoms with Gasteiger partial charge in [-0.1, -0.05) is 17.3 Å². The molecule has 8 heteroatoms. The zero-order valence-corrected chi connectivity index (χ0v) is 14.2. The van der Waals surface area contributed by atoms with Gasteiger partial charge in [-0.15, -0.1) is 0 Å². The summed E-state index contributed by atoms with van der Waals surface area (Å²) < 4.78 is 21.2. The molecule has 2 aromatic heterocycles. The van der Waals surface area contributed by atoms with Gasteiger partial charge in [0.05, 0.1) is 22.5 Å². The van der Waals surface area contributed by atoms with Gasteiger partial charge in [-0.25, -0.2) is 9.37 Å². The van der Waals surface area contributed by atoms with Crippen molar-refractivity contribution < 1.29 is 13.8 Å². The first-order valence-corrected chi connectivity index (χ1v) is 8.05. The molecule has 4 aromatic rings. The minimum Gasteiger partial charge on any atom is -0.360 e. The number of nitro benzene ring substituents is 1. The van der Waals surface area contributed by atoms with Crippen LogP contribution < -0.4 is 0 Å². The predicted molar refractivity (Wildman–Crippen MR) is 95.8 cm³/mol. The number of imidazole rings is 1. The van der Waals surface area contributed by atoms with Crippen LogP contribution in [-0.4, -0.2) is 19.6 Å². The number of hydrogen-bond donors (Lipinski definition) is 0. The normalized spacial score (nSPS) is 10.9. The fourth-order valence-corrected chi connectivity index (χ4v) is 2.85. The topological polar surface area (TPSA) is 87.0 Å². The van der Waals surface area contributed by atoms with Gasteiger partial charge in [-0.2, -0.15) is 0 Å². The Morgan fingerprint density at radius 2 is 1.89 bits per heavy atom. The number of nitro groups is 1. The Kier molecular flexibility index (Phi) is 4.00. The molecule has 0 aliphatic heterocycles. The summed E-state index contributed by atoms with van der Waals surface area (Å²) in [4.78, 5) is 14.7. The lowest BCUT2D eigenvalue weighted by atomic mass is 10.0. The number of rotatable bonds is 4. The van der Waals surface area contributed by atoms with Crippen LogP contribution in [0.2, 0.25) is 0 Å². The molecule has 0 saturated heterocycles. The molecule has 0 aliphatic rings. The first-order valence-electron chi connectivity index (χ1n) is 8.05.